The number of hydrogen-bond acceptors (Lipinski definition) is 2. The highest BCUT2D eigenvalue weighted by Gasteiger charge is 2.39. The van der Waals surface area contributed by atoms with Crippen LogP contribution in [-0.4, -0.2) is 30.1 Å². The molecule has 1 aliphatic carbocycles. The molecule has 2 aliphatic rings. The Balaban J connectivity index is 1.76. The lowest BCUT2D eigenvalue weighted by Gasteiger charge is -2.43. The molecule has 3 rings (SSSR count). The SMILES string of the molecule is CC1CC(C)N(C2CC(c3ccccc3)CCC2CN)C1. The second-order valence-corrected chi connectivity index (χ2v) is 7.37. The molecule has 2 fully saturated rings. The van der Waals surface area contributed by atoms with Crippen molar-refractivity contribution in [3.63, 3.8) is 0 Å². The maximum Gasteiger partial charge on any atom is 0.0144 e. The molecule has 5 atom stereocenters. The van der Waals surface area contributed by atoms with Crippen LogP contribution in [0.15, 0.2) is 30.3 Å². The minimum absolute atomic E-state index is 0.689. The summed E-state index contributed by atoms with van der Waals surface area (Å²) < 4.78 is 0. The van der Waals surface area contributed by atoms with Crippen LogP contribution in [0.3, 0.4) is 0 Å². The van der Waals surface area contributed by atoms with Gasteiger partial charge in [-0.1, -0.05) is 37.3 Å². The molecular formula is C19H30N2. The molecular weight excluding hydrogens is 256 g/mol. The van der Waals surface area contributed by atoms with Crippen molar-refractivity contribution in [3.05, 3.63) is 35.9 Å². The van der Waals surface area contributed by atoms with E-state index in [-0.39, 0.29) is 0 Å². The Labute approximate surface area is 129 Å². The van der Waals surface area contributed by atoms with Crippen LogP contribution in [0.25, 0.3) is 0 Å². The summed E-state index contributed by atoms with van der Waals surface area (Å²) in [6, 6.07) is 12.5. The summed E-state index contributed by atoms with van der Waals surface area (Å²) >= 11 is 0. The predicted octanol–water partition coefficient (Wildman–Crippen LogP) is 3.63. The monoisotopic (exact) mass is 286 g/mol. The minimum atomic E-state index is 0.689. The summed E-state index contributed by atoms with van der Waals surface area (Å²) in [7, 11) is 0. The first-order chi connectivity index (χ1) is 10.2. The van der Waals surface area contributed by atoms with Crippen molar-refractivity contribution in [2.75, 3.05) is 13.1 Å². The van der Waals surface area contributed by atoms with Crippen molar-refractivity contribution in [2.45, 2.75) is 57.5 Å². The smallest absolute Gasteiger partial charge is 0.0144 e. The Bertz CT molecular complexity index is 444. The van der Waals surface area contributed by atoms with E-state index in [0.29, 0.717) is 12.0 Å². The molecule has 2 N–H and O–H groups in total. The molecule has 1 aliphatic heterocycles. The van der Waals surface area contributed by atoms with Crippen molar-refractivity contribution in [2.24, 2.45) is 17.6 Å². The molecule has 1 saturated carbocycles. The molecule has 1 aromatic carbocycles. The van der Waals surface area contributed by atoms with Crippen LogP contribution < -0.4 is 5.73 Å². The third-order valence-electron chi connectivity index (χ3n) is 5.79. The highest BCUT2D eigenvalue weighted by Crippen LogP contribution is 2.40. The van der Waals surface area contributed by atoms with Gasteiger partial charge in [0.1, 0.15) is 0 Å². The maximum absolute atomic E-state index is 6.10. The first kappa shape index (κ1) is 15.1. The van der Waals surface area contributed by atoms with Crippen LogP contribution >= 0.6 is 0 Å². The van der Waals surface area contributed by atoms with E-state index in [0.717, 1.165) is 24.4 Å². The van der Waals surface area contributed by atoms with Gasteiger partial charge >= 0.3 is 0 Å². The standard InChI is InChI=1S/C19H30N2/c1-14-10-15(2)21(13-14)19-11-17(8-9-18(19)12-20)16-6-4-3-5-7-16/h3-7,14-15,17-19H,8-13,20H2,1-2H3. The van der Waals surface area contributed by atoms with Crippen molar-refractivity contribution >= 4 is 0 Å². The second-order valence-electron chi connectivity index (χ2n) is 7.37. The Morgan fingerprint density at radius 1 is 1.10 bits per heavy atom. The Hall–Kier alpha value is -0.860. The molecule has 1 aromatic rings. The molecule has 116 valence electrons. The number of nitrogens with two attached hydrogens (primary N) is 1. The molecule has 1 heterocycles. The zero-order chi connectivity index (χ0) is 14.8. The fourth-order valence-corrected chi connectivity index (χ4v) is 4.71. The first-order valence-electron chi connectivity index (χ1n) is 8.69. The maximum atomic E-state index is 6.10. The summed E-state index contributed by atoms with van der Waals surface area (Å²) in [5, 5.41) is 0. The molecule has 5 unspecified atom stereocenters. The Morgan fingerprint density at radius 3 is 2.48 bits per heavy atom. The van der Waals surface area contributed by atoms with E-state index in [1.54, 1.807) is 0 Å². The summed E-state index contributed by atoms with van der Waals surface area (Å²) in [6.45, 7) is 6.92. The van der Waals surface area contributed by atoms with E-state index in [2.05, 4.69) is 49.1 Å². The molecule has 2 nitrogen and oxygen atoms in total. The molecule has 0 amide bonds. The van der Waals surface area contributed by atoms with Crippen LogP contribution in [0.2, 0.25) is 0 Å². The van der Waals surface area contributed by atoms with Gasteiger partial charge in [0.25, 0.3) is 0 Å². The van der Waals surface area contributed by atoms with Gasteiger partial charge in [0.15, 0.2) is 0 Å². The fourth-order valence-electron chi connectivity index (χ4n) is 4.71. The summed E-state index contributed by atoms with van der Waals surface area (Å²) in [4.78, 5) is 2.78. The molecule has 21 heavy (non-hydrogen) atoms. The third-order valence-corrected chi connectivity index (χ3v) is 5.79. The number of hydrogen-bond donors (Lipinski definition) is 1. The van der Waals surface area contributed by atoms with Gasteiger partial charge in [0, 0.05) is 18.6 Å². The van der Waals surface area contributed by atoms with Crippen LogP contribution in [0.4, 0.5) is 0 Å². The first-order valence-corrected chi connectivity index (χ1v) is 8.69. The van der Waals surface area contributed by atoms with Gasteiger partial charge < -0.3 is 5.73 Å². The molecule has 1 saturated heterocycles. The summed E-state index contributed by atoms with van der Waals surface area (Å²) in [5.74, 6) is 2.26. The van der Waals surface area contributed by atoms with Gasteiger partial charge in [-0.3, -0.25) is 4.90 Å². The number of benzene rings is 1. The van der Waals surface area contributed by atoms with E-state index in [9.17, 15) is 0 Å². The Kier molecular flexibility index (Phi) is 4.66. The van der Waals surface area contributed by atoms with Crippen molar-refractivity contribution in [1.82, 2.24) is 4.90 Å². The average molecular weight is 286 g/mol. The lowest BCUT2D eigenvalue weighted by Crippen LogP contribution is -2.48. The fraction of sp³-hybridized carbons (Fsp3) is 0.684. The summed E-state index contributed by atoms with van der Waals surface area (Å²) in [6.07, 6.45) is 5.24. The van der Waals surface area contributed by atoms with E-state index in [1.165, 1.54) is 37.8 Å². The van der Waals surface area contributed by atoms with Gasteiger partial charge in [-0.15, -0.1) is 0 Å². The highest BCUT2D eigenvalue weighted by atomic mass is 15.2. The Morgan fingerprint density at radius 2 is 1.86 bits per heavy atom. The normalized spacial score (nSPS) is 37.8. The van der Waals surface area contributed by atoms with Crippen LogP contribution in [-0.2, 0) is 0 Å². The number of likely N-dealkylation sites (tertiary alicyclic amines) is 1. The molecule has 0 radical (unpaired) electrons. The summed E-state index contributed by atoms with van der Waals surface area (Å²) in [5.41, 5.74) is 7.62. The number of nitrogens with zero attached hydrogens (tertiary/aromatic N) is 1. The lowest BCUT2D eigenvalue weighted by molar-refractivity contribution is 0.0905. The van der Waals surface area contributed by atoms with E-state index < -0.39 is 0 Å². The van der Waals surface area contributed by atoms with Crippen LogP contribution in [0, 0.1) is 11.8 Å². The highest BCUT2D eigenvalue weighted by molar-refractivity contribution is 5.20. The lowest BCUT2D eigenvalue weighted by atomic mass is 9.74. The number of rotatable bonds is 3. The zero-order valence-corrected chi connectivity index (χ0v) is 13.5. The van der Waals surface area contributed by atoms with Crippen molar-refractivity contribution in [1.29, 1.82) is 0 Å². The molecule has 0 spiro atoms. The quantitative estimate of drug-likeness (QED) is 0.919. The van der Waals surface area contributed by atoms with Gasteiger partial charge in [-0.25, -0.2) is 0 Å². The average Bonchev–Trinajstić information content (AvgIpc) is 2.86. The van der Waals surface area contributed by atoms with Gasteiger partial charge in [-0.05, 0) is 62.5 Å². The molecule has 0 aromatic heterocycles. The van der Waals surface area contributed by atoms with Gasteiger partial charge in [0.05, 0.1) is 0 Å². The van der Waals surface area contributed by atoms with Crippen molar-refractivity contribution < 1.29 is 0 Å². The van der Waals surface area contributed by atoms with Crippen molar-refractivity contribution in [3.8, 4) is 0 Å². The predicted molar refractivity (Wildman–Crippen MR) is 89.3 cm³/mol. The molecule has 2 heteroatoms. The van der Waals surface area contributed by atoms with Gasteiger partial charge in [0.2, 0.25) is 0 Å². The molecule has 0 bridgehead atoms. The second kappa shape index (κ2) is 6.50. The largest absolute Gasteiger partial charge is 0.330 e. The van der Waals surface area contributed by atoms with Gasteiger partial charge in [-0.2, -0.15) is 0 Å². The minimum Gasteiger partial charge on any atom is -0.330 e. The zero-order valence-electron chi connectivity index (χ0n) is 13.5. The van der Waals surface area contributed by atoms with E-state index in [1.807, 2.05) is 0 Å². The topological polar surface area (TPSA) is 29.3 Å². The third kappa shape index (κ3) is 3.17. The van der Waals surface area contributed by atoms with E-state index in [4.69, 9.17) is 5.73 Å². The van der Waals surface area contributed by atoms with Crippen LogP contribution in [0.1, 0.15) is 51.0 Å². The van der Waals surface area contributed by atoms with E-state index >= 15 is 0 Å². The van der Waals surface area contributed by atoms with Crippen LogP contribution in [0.5, 0.6) is 0 Å².